The highest BCUT2D eigenvalue weighted by atomic mass is 15.1. The van der Waals surface area contributed by atoms with Crippen LogP contribution in [0.4, 0.5) is 0 Å². The lowest BCUT2D eigenvalue weighted by Gasteiger charge is -2.24. The lowest BCUT2D eigenvalue weighted by Crippen LogP contribution is -2.37. The molecule has 54 valence electrons. The summed E-state index contributed by atoms with van der Waals surface area (Å²) in [5.74, 6) is 0. The van der Waals surface area contributed by atoms with Crippen LogP contribution in [-0.2, 0) is 0 Å². The molecule has 0 saturated heterocycles. The Morgan fingerprint density at radius 1 is 1.20 bits per heavy atom. The van der Waals surface area contributed by atoms with Gasteiger partial charge in [0, 0.05) is 18.7 Å². The van der Waals surface area contributed by atoms with Crippen LogP contribution in [0.2, 0.25) is 0 Å². The van der Waals surface area contributed by atoms with E-state index in [-0.39, 0.29) is 0 Å². The van der Waals surface area contributed by atoms with Crippen molar-refractivity contribution in [3.8, 4) is 0 Å². The molecule has 2 heteroatoms. The van der Waals surface area contributed by atoms with Crippen molar-refractivity contribution in [1.82, 2.24) is 10.6 Å². The second kappa shape index (κ2) is 2.46. The van der Waals surface area contributed by atoms with E-state index in [0.717, 1.165) is 26.1 Å². The molecule has 0 aromatic carbocycles. The molecule has 0 fully saturated rings. The van der Waals surface area contributed by atoms with E-state index in [1.54, 1.807) is 0 Å². The van der Waals surface area contributed by atoms with Gasteiger partial charge >= 0.3 is 0 Å². The van der Waals surface area contributed by atoms with Crippen molar-refractivity contribution in [2.75, 3.05) is 13.2 Å². The molecule has 0 bridgehead atoms. The molecule has 0 atom stereocenters. The molecule has 2 nitrogen and oxygen atoms in total. The molecule has 10 heavy (non-hydrogen) atoms. The molecule has 0 unspecified atom stereocenters. The van der Waals surface area contributed by atoms with Crippen LogP contribution in [0.5, 0.6) is 0 Å². The first-order valence-electron chi connectivity index (χ1n) is 3.77. The van der Waals surface area contributed by atoms with Gasteiger partial charge in [-0.25, -0.2) is 0 Å². The number of hydrogen-bond donors (Lipinski definition) is 2. The molecule has 0 amide bonds. The second-order valence-corrected chi connectivity index (χ2v) is 2.74. The van der Waals surface area contributed by atoms with E-state index in [4.69, 9.17) is 0 Å². The molecule has 2 N–H and O–H groups in total. The highest BCUT2D eigenvalue weighted by Gasteiger charge is 2.10. The quantitative estimate of drug-likeness (QED) is 0.480. The predicted molar refractivity (Wildman–Crippen MR) is 41.4 cm³/mol. The van der Waals surface area contributed by atoms with E-state index in [1.807, 2.05) is 0 Å². The minimum absolute atomic E-state index is 0.937. The molecule has 0 aromatic rings. The average Bonchev–Trinajstić information content (AvgIpc) is 2.05. The third-order valence-corrected chi connectivity index (χ3v) is 2.04. The molecule has 0 spiro atoms. The van der Waals surface area contributed by atoms with Crippen LogP contribution in [0.3, 0.4) is 0 Å². The minimum atomic E-state index is 0.937. The van der Waals surface area contributed by atoms with Gasteiger partial charge in [0.1, 0.15) is 0 Å². The number of rotatable bonds is 0. The smallest absolute Gasteiger partial charge is 0.0652 e. The maximum Gasteiger partial charge on any atom is 0.0652 e. The second-order valence-electron chi connectivity index (χ2n) is 2.74. The molecule has 1 heterocycles. The third-order valence-electron chi connectivity index (χ3n) is 2.04. The molecule has 0 saturated carbocycles. The fourth-order valence-corrected chi connectivity index (χ4v) is 1.45. The number of allylic oxidation sites excluding steroid dienone is 2. The zero-order valence-electron chi connectivity index (χ0n) is 5.98. The fraction of sp³-hybridized carbons (Fsp3) is 0.500. The summed E-state index contributed by atoms with van der Waals surface area (Å²) in [5.41, 5.74) is 2.98. The lowest BCUT2D eigenvalue weighted by molar-refractivity contribution is 0.594. The Hall–Kier alpha value is -0.760. The Bertz CT molecular complexity index is 171. The maximum absolute atomic E-state index is 3.34. The Morgan fingerprint density at radius 3 is 3.00 bits per heavy atom. The van der Waals surface area contributed by atoms with Crippen LogP contribution in [0, 0.1) is 0 Å². The average molecular weight is 136 g/mol. The first kappa shape index (κ1) is 5.98. The normalized spacial score (nSPS) is 24.0. The van der Waals surface area contributed by atoms with Crippen LogP contribution < -0.4 is 10.6 Å². The van der Waals surface area contributed by atoms with Crippen molar-refractivity contribution >= 4 is 0 Å². The molecular weight excluding hydrogens is 124 g/mol. The Balaban J connectivity index is 2.17. The molecule has 1 aliphatic carbocycles. The van der Waals surface area contributed by atoms with Crippen LogP contribution in [0.25, 0.3) is 0 Å². The van der Waals surface area contributed by atoms with Crippen LogP contribution in [-0.4, -0.2) is 13.2 Å². The van der Waals surface area contributed by atoms with E-state index < -0.39 is 0 Å². The van der Waals surface area contributed by atoms with Crippen molar-refractivity contribution in [1.29, 1.82) is 0 Å². The summed E-state index contributed by atoms with van der Waals surface area (Å²) in [6.07, 6.45) is 6.72. The van der Waals surface area contributed by atoms with Gasteiger partial charge in [0.25, 0.3) is 0 Å². The molecule has 0 aromatic heterocycles. The number of nitrogens with one attached hydrogen (secondary N) is 2. The minimum Gasteiger partial charge on any atom is -0.376 e. The van der Waals surface area contributed by atoms with Gasteiger partial charge < -0.3 is 5.32 Å². The van der Waals surface area contributed by atoms with Crippen LogP contribution in [0.1, 0.15) is 12.8 Å². The SMILES string of the molecule is C1=CCC2=C(C1)CNCN2. The van der Waals surface area contributed by atoms with E-state index in [9.17, 15) is 0 Å². The van der Waals surface area contributed by atoms with Gasteiger partial charge in [-0.2, -0.15) is 0 Å². The van der Waals surface area contributed by atoms with Crippen molar-refractivity contribution in [3.63, 3.8) is 0 Å². The fourth-order valence-electron chi connectivity index (χ4n) is 1.45. The third kappa shape index (κ3) is 0.948. The van der Waals surface area contributed by atoms with Gasteiger partial charge in [0.15, 0.2) is 0 Å². The highest BCUT2D eigenvalue weighted by molar-refractivity contribution is 5.25. The Labute approximate surface area is 61.0 Å². The van der Waals surface area contributed by atoms with Gasteiger partial charge in [-0.3, -0.25) is 5.32 Å². The van der Waals surface area contributed by atoms with Crippen molar-refractivity contribution in [2.24, 2.45) is 0 Å². The molecule has 0 radical (unpaired) electrons. The predicted octanol–water partition coefficient (Wildman–Crippen LogP) is 0.741. The summed E-state index contributed by atoms with van der Waals surface area (Å²) in [5, 5.41) is 6.62. The van der Waals surface area contributed by atoms with Gasteiger partial charge in [0.2, 0.25) is 0 Å². The summed E-state index contributed by atoms with van der Waals surface area (Å²) in [4.78, 5) is 0. The van der Waals surface area contributed by atoms with Crippen molar-refractivity contribution < 1.29 is 0 Å². The highest BCUT2D eigenvalue weighted by Crippen LogP contribution is 2.17. The summed E-state index contributed by atoms with van der Waals surface area (Å²) in [7, 11) is 0. The topological polar surface area (TPSA) is 24.1 Å². The molecule has 2 rings (SSSR count). The van der Waals surface area contributed by atoms with Gasteiger partial charge in [-0.05, 0) is 12.0 Å². The van der Waals surface area contributed by atoms with Gasteiger partial charge in [-0.1, -0.05) is 12.2 Å². The zero-order chi connectivity index (χ0) is 6.81. The van der Waals surface area contributed by atoms with E-state index in [1.165, 1.54) is 11.3 Å². The maximum atomic E-state index is 3.34. The van der Waals surface area contributed by atoms with Crippen molar-refractivity contribution in [2.45, 2.75) is 12.8 Å². The summed E-state index contributed by atoms with van der Waals surface area (Å²) >= 11 is 0. The van der Waals surface area contributed by atoms with Crippen molar-refractivity contribution in [3.05, 3.63) is 23.4 Å². The molecule has 1 aliphatic heterocycles. The Morgan fingerprint density at radius 2 is 2.10 bits per heavy atom. The number of hydrogen-bond acceptors (Lipinski definition) is 2. The van der Waals surface area contributed by atoms with Gasteiger partial charge in [-0.15, -0.1) is 0 Å². The monoisotopic (exact) mass is 136 g/mol. The van der Waals surface area contributed by atoms with Crippen LogP contribution >= 0.6 is 0 Å². The molecule has 2 aliphatic rings. The standard InChI is InChI=1S/C8H12N2/c1-2-4-8-7(3-1)5-9-6-10-8/h1-2,9-10H,3-6H2. The molecular formula is C8H12N2. The Kier molecular flexibility index (Phi) is 1.47. The summed E-state index contributed by atoms with van der Waals surface area (Å²) in [6.45, 7) is 2.01. The van der Waals surface area contributed by atoms with E-state index in [0.29, 0.717) is 0 Å². The zero-order valence-corrected chi connectivity index (χ0v) is 5.98. The first-order valence-corrected chi connectivity index (χ1v) is 3.77. The van der Waals surface area contributed by atoms with Crippen LogP contribution in [0.15, 0.2) is 23.4 Å². The summed E-state index contributed by atoms with van der Waals surface area (Å²) < 4.78 is 0. The van der Waals surface area contributed by atoms with Gasteiger partial charge in [0.05, 0.1) is 6.67 Å². The first-order chi connectivity index (χ1) is 4.97. The largest absolute Gasteiger partial charge is 0.376 e. The van der Waals surface area contributed by atoms with E-state index >= 15 is 0 Å². The lowest BCUT2D eigenvalue weighted by atomic mass is 10.0. The summed E-state index contributed by atoms with van der Waals surface area (Å²) in [6, 6.07) is 0. The van der Waals surface area contributed by atoms with E-state index in [2.05, 4.69) is 22.8 Å².